The van der Waals surface area contributed by atoms with Crippen LogP contribution in [0.2, 0.25) is 0 Å². The molecule has 5 rings (SSSR count). The van der Waals surface area contributed by atoms with E-state index < -0.39 is 5.41 Å². The molecule has 1 unspecified atom stereocenters. The second-order valence-electron chi connectivity index (χ2n) is 11.0. The van der Waals surface area contributed by atoms with Gasteiger partial charge in [-0.3, -0.25) is 9.59 Å². The molecule has 3 aliphatic rings. The minimum Gasteiger partial charge on any atom is -0.495 e. The van der Waals surface area contributed by atoms with E-state index in [1.807, 2.05) is 6.92 Å². The third-order valence-corrected chi connectivity index (χ3v) is 8.23. The van der Waals surface area contributed by atoms with Crippen molar-refractivity contribution >= 4 is 35.0 Å². The number of methoxy groups -OCH3 is 1. The van der Waals surface area contributed by atoms with Gasteiger partial charge in [-0.2, -0.15) is 4.98 Å². The maximum atomic E-state index is 13.4. The molecule has 10 nitrogen and oxygen atoms in total. The number of aromatic nitrogens is 2. The number of hydrogen-bond donors (Lipinski definition) is 3. The minimum atomic E-state index is -0.737. The Bertz CT molecular complexity index is 1240. The summed E-state index contributed by atoms with van der Waals surface area (Å²) in [7, 11) is 3.34. The number of ether oxygens (including phenoxy) is 1. The summed E-state index contributed by atoms with van der Waals surface area (Å²) < 4.78 is 5.62. The first kappa shape index (κ1) is 26.9. The van der Waals surface area contributed by atoms with E-state index in [1.165, 1.54) is 0 Å². The average Bonchev–Trinajstić information content (AvgIpc) is 3.48. The monoisotopic (exact) mass is 533 g/mol. The Morgan fingerprint density at radius 3 is 2.74 bits per heavy atom. The van der Waals surface area contributed by atoms with Gasteiger partial charge in [-0.15, -0.1) is 6.58 Å². The number of amides is 2. The molecule has 1 saturated heterocycles. The lowest BCUT2D eigenvalue weighted by atomic mass is 9.88. The Labute approximate surface area is 230 Å². The van der Waals surface area contributed by atoms with E-state index in [0.717, 1.165) is 57.4 Å². The lowest BCUT2D eigenvalue weighted by molar-refractivity contribution is -0.124. The molecule has 0 bridgehead atoms. The first-order valence-corrected chi connectivity index (χ1v) is 13.8. The van der Waals surface area contributed by atoms with Gasteiger partial charge in [0.25, 0.3) is 5.91 Å². The van der Waals surface area contributed by atoms with Gasteiger partial charge in [0.1, 0.15) is 11.4 Å². The van der Waals surface area contributed by atoms with Crippen molar-refractivity contribution in [1.82, 2.24) is 20.6 Å². The average molecular weight is 534 g/mol. The summed E-state index contributed by atoms with van der Waals surface area (Å²) in [6.45, 7) is 8.20. The predicted octanol–water partition coefficient (Wildman–Crippen LogP) is 3.63. The van der Waals surface area contributed by atoms with Crippen molar-refractivity contribution in [1.29, 1.82) is 0 Å². The zero-order valence-corrected chi connectivity index (χ0v) is 23.1. The van der Waals surface area contributed by atoms with Crippen LogP contribution >= 0.6 is 0 Å². The number of anilines is 4. The predicted molar refractivity (Wildman–Crippen MR) is 153 cm³/mol. The molecule has 0 spiro atoms. The van der Waals surface area contributed by atoms with Gasteiger partial charge in [0.05, 0.1) is 24.4 Å². The molecule has 3 heterocycles. The lowest BCUT2D eigenvalue weighted by Gasteiger charge is -2.34. The standard InChI is InChI=1S/C29H39N7O3/c1-5-29(2)18-36(21-10-6-7-11-21)25-23(35(3)27(29)38)17-31-28(34-25)33-22-13-12-19(15-24(22)39-4)26(37)32-20-9-8-14-30-16-20/h5,12-13,15,17,20-21,30H,1,6-11,14,16,18H2,2-4H3,(H,32,37)(H,31,33,34)/t20-,29?/m0/s1. The van der Waals surface area contributed by atoms with Gasteiger partial charge in [-0.05, 0) is 57.4 Å². The smallest absolute Gasteiger partial charge is 0.251 e. The van der Waals surface area contributed by atoms with E-state index in [9.17, 15) is 9.59 Å². The number of nitrogens with zero attached hydrogens (tertiary/aromatic N) is 4. The molecular weight excluding hydrogens is 494 g/mol. The number of carbonyl (C=O) groups is 2. The molecular formula is C29H39N7O3. The van der Waals surface area contributed by atoms with Crippen LogP contribution < -0.4 is 30.5 Å². The highest BCUT2D eigenvalue weighted by atomic mass is 16.5. The number of hydrogen-bond acceptors (Lipinski definition) is 8. The number of rotatable bonds is 7. The molecule has 3 N–H and O–H groups in total. The van der Waals surface area contributed by atoms with E-state index in [2.05, 4.69) is 32.4 Å². The van der Waals surface area contributed by atoms with Gasteiger partial charge in [-0.1, -0.05) is 18.9 Å². The van der Waals surface area contributed by atoms with Crippen LogP contribution in [0.4, 0.5) is 23.1 Å². The fraction of sp³-hybridized carbons (Fsp3) is 0.517. The van der Waals surface area contributed by atoms with Crippen LogP contribution in [0, 0.1) is 5.41 Å². The van der Waals surface area contributed by atoms with Gasteiger partial charge < -0.3 is 30.5 Å². The molecule has 39 heavy (non-hydrogen) atoms. The van der Waals surface area contributed by atoms with Gasteiger partial charge in [0.2, 0.25) is 11.9 Å². The Morgan fingerprint density at radius 2 is 2.05 bits per heavy atom. The summed E-state index contributed by atoms with van der Waals surface area (Å²) in [5, 5.41) is 9.69. The fourth-order valence-electron chi connectivity index (χ4n) is 5.83. The SMILES string of the molecule is C=CC1(C)CN(C2CCCC2)c2nc(Nc3ccc(C(=O)N[C@H]4CCCNC4)cc3OC)ncc2N(C)C1=O. The van der Waals surface area contributed by atoms with Crippen molar-refractivity contribution in [3.05, 3.63) is 42.6 Å². The number of fused-ring (bicyclic) bond motifs is 1. The van der Waals surface area contributed by atoms with Crippen LogP contribution in [-0.4, -0.2) is 67.7 Å². The first-order chi connectivity index (χ1) is 18.8. The van der Waals surface area contributed by atoms with Crippen LogP contribution in [0.15, 0.2) is 37.1 Å². The Kier molecular flexibility index (Phi) is 7.74. The minimum absolute atomic E-state index is 0.0249. The van der Waals surface area contributed by atoms with Crippen molar-refractivity contribution < 1.29 is 14.3 Å². The number of benzene rings is 1. The van der Waals surface area contributed by atoms with Crippen LogP contribution in [-0.2, 0) is 4.79 Å². The molecule has 1 aromatic carbocycles. The third-order valence-electron chi connectivity index (χ3n) is 8.23. The van der Waals surface area contributed by atoms with Crippen LogP contribution in [0.5, 0.6) is 5.75 Å². The molecule has 1 aliphatic carbocycles. The first-order valence-electron chi connectivity index (χ1n) is 13.8. The molecule has 0 radical (unpaired) electrons. The van der Waals surface area contributed by atoms with Gasteiger partial charge in [0, 0.05) is 37.8 Å². The van der Waals surface area contributed by atoms with E-state index >= 15 is 0 Å². The molecule has 1 saturated carbocycles. The van der Waals surface area contributed by atoms with Crippen LogP contribution in [0.3, 0.4) is 0 Å². The van der Waals surface area contributed by atoms with Crippen molar-refractivity contribution in [2.45, 2.75) is 57.5 Å². The van der Waals surface area contributed by atoms with E-state index in [-0.39, 0.29) is 17.9 Å². The second kappa shape index (κ2) is 11.2. The second-order valence-corrected chi connectivity index (χ2v) is 11.0. The Morgan fingerprint density at radius 1 is 1.26 bits per heavy atom. The van der Waals surface area contributed by atoms with E-state index in [4.69, 9.17) is 9.72 Å². The summed E-state index contributed by atoms with van der Waals surface area (Å²) in [6, 6.07) is 5.73. The summed E-state index contributed by atoms with van der Waals surface area (Å²) in [6.07, 6.45) is 9.91. The quantitative estimate of drug-likeness (QED) is 0.463. The molecule has 2 aliphatic heterocycles. The molecule has 2 aromatic rings. The zero-order valence-electron chi connectivity index (χ0n) is 23.1. The van der Waals surface area contributed by atoms with Gasteiger partial charge >= 0.3 is 0 Å². The molecule has 208 valence electrons. The highest BCUT2D eigenvalue weighted by Crippen LogP contribution is 2.41. The van der Waals surface area contributed by atoms with Crippen LogP contribution in [0.25, 0.3) is 0 Å². The highest BCUT2D eigenvalue weighted by molar-refractivity contribution is 6.02. The third kappa shape index (κ3) is 5.43. The van der Waals surface area contributed by atoms with E-state index in [1.54, 1.807) is 49.5 Å². The normalized spacial score (nSPS) is 23.7. The number of piperidine rings is 1. The Balaban J connectivity index is 1.42. The van der Waals surface area contributed by atoms with Gasteiger partial charge in [0.15, 0.2) is 5.82 Å². The van der Waals surface area contributed by atoms with E-state index in [0.29, 0.717) is 41.2 Å². The molecule has 2 fully saturated rings. The summed E-state index contributed by atoms with van der Waals surface area (Å²) in [4.78, 5) is 39.6. The summed E-state index contributed by atoms with van der Waals surface area (Å²) in [5.41, 5.74) is 1.12. The largest absolute Gasteiger partial charge is 0.495 e. The lowest BCUT2D eigenvalue weighted by Crippen LogP contribution is -2.45. The fourth-order valence-corrected chi connectivity index (χ4v) is 5.83. The summed E-state index contributed by atoms with van der Waals surface area (Å²) in [5.74, 6) is 1.49. The number of carbonyl (C=O) groups excluding carboxylic acids is 2. The van der Waals surface area contributed by atoms with Crippen LogP contribution in [0.1, 0.15) is 55.8 Å². The molecule has 10 heteroatoms. The zero-order chi connectivity index (χ0) is 27.6. The summed E-state index contributed by atoms with van der Waals surface area (Å²) >= 11 is 0. The maximum absolute atomic E-state index is 13.4. The van der Waals surface area contributed by atoms with Gasteiger partial charge in [-0.25, -0.2) is 4.98 Å². The Hall–Kier alpha value is -3.66. The number of nitrogens with one attached hydrogen (secondary N) is 3. The van der Waals surface area contributed by atoms with Crippen molar-refractivity contribution in [2.24, 2.45) is 5.41 Å². The topological polar surface area (TPSA) is 112 Å². The molecule has 2 atom stereocenters. The molecule has 1 aromatic heterocycles. The molecule has 2 amide bonds. The highest BCUT2D eigenvalue weighted by Gasteiger charge is 2.42. The maximum Gasteiger partial charge on any atom is 0.251 e. The van der Waals surface area contributed by atoms with Crippen molar-refractivity contribution in [3.63, 3.8) is 0 Å². The van der Waals surface area contributed by atoms with Crippen molar-refractivity contribution in [2.75, 3.05) is 48.9 Å². The van der Waals surface area contributed by atoms with Crippen molar-refractivity contribution in [3.8, 4) is 5.75 Å².